The normalized spacial score (nSPS) is 12.3. The van der Waals surface area contributed by atoms with E-state index in [2.05, 4.69) is 193 Å². The average molecular weight is 810 g/mol. The van der Waals surface area contributed by atoms with Crippen LogP contribution in [0, 0.1) is 0 Å². The molecule has 0 aliphatic heterocycles. The Morgan fingerprint density at radius 2 is 0.869 bits per heavy atom. The molecule has 14 aromatic rings. The number of fused-ring (bicyclic) bond motifs is 20. The number of para-hydroxylation sites is 1. The number of thiophene rings is 2. The van der Waals surface area contributed by atoms with Gasteiger partial charge < -0.3 is 0 Å². The highest BCUT2D eigenvalue weighted by atomic mass is 32.1. The Labute approximate surface area is 357 Å². The van der Waals surface area contributed by atoms with Crippen LogP contribution in [0.3, 0.4) is 0 Å². The van der Waals surface area contributed by atoms with Crippen LogP contribution in [-0.2, 0) is 0 Å². The van der Waals surface area contributed by atoms with Gasteiger partial charge in [0.25, 0.3) is 0 Å². The summed E-state index contributed by atoms with van der Waals surface area (Å²) in [6.45, 7) is 0. The van der Waals surface area contributed by atoms with Gasteiger partial charge in [0.05, 0.1) is 27.1 Å². The molecular weight excluding hydrogens is 779 g/mol. The summed E-state index contributed by atoms with van der Waals surface area (Å²) in [7, 11) is 0. The first-order chi connectivity index (χ1) is 30.3. The number of aromatic nitrogens is 3. The second kappa shape index (κ2) is 12.5. The Morgan fingerprint density at radius 3 is 1.62 bits per heavy atom. The fourth-order valence-electron chi connectivity index (χ4n) is 10.2. The number of benzene rings is 10. The van der Waals surface area contributed by atoms with Crippen LogP contribution in [-0.4, -0.2) is 14.5 Å². The van der Waals surface area contributed by atoms with Gasteiger partial charge in [-0.25, -0.2) is 9.97 Å². The lowest BCUT2D eigenvalue weighted by atomic mass is 9.89. The van der Waals surface area contributed by atoms with Crippen LogP contribution in [0.1, 0.15) is 0 Å². The van der Waals surface area contributed by atoms with E-state index in [1.165, 1.54) is 94.2 Å². The third-order valence-corrected chi connectivity index (χ3v) is 15.1. The lowest BCUT2D eigenvalue weighted by Crippen LogP contribution is -2.04. The smallest absolute Gasteiger partial charge is 0.235 e. The summed E-state index contributed by atoms with van der Waals surface area (Å²) >= 11 is 3.75. The molecule has 282 valence electrons. The van der Waals surface area contributed by atoms with Gasteiger partial charge in [-0.1, -0.05) is 164 Å². The van der Waals surface area contributed by atoms with E-state index in [-0.39, 0.29) is 0 Å². The van der Waals surface area contributed by atoms with Crippen LogP contribution in [0.5, 0.6) is 0 Å². The minimum absolute atomic E-state index is 0.662. The second-order valence-corrected chi connectivity index (χ2v) is 18.1. The number of hydrogen-bond donors (Lipinski definition) is 0. The zero-order valence-electron chi connectivity index (χ0n) is 32.6. The van der Waals surface area contributed by atoms with E-state index in [1.54, 1.807) is 0 Å². The summed E-state index contributed by atoms with van der Waals surface area (Å²) in [5.74, 6) is 0.662. The molecule has 0 bridgehead atoms. The van der Waals surface area contributed by atoms with E-state index in [0.29, 0.717) is 5.95 Å². The minimum Gasteiger partial charge on any atom is -0.276 e. The molecule has 0 aliphatic carbocycles. The fraction of sp³-hybridized carbons (Fsp3) is 0. The molecule has 4 aromatic heterocycles. The molecule has 61 heavy (non-hydrogen) atoms. The average Bonchev–Trinajstić information content (AvgIpc) is 4.01. The Hall–Kier alpha value is -7.44. The van der Waals surface area contributed by atoms with Gasteiger partial charge in [-0.05, 0) is 62.0 Å². The monoisotopic (exact) mass is 809 g/mol. The molecule has 0 saturated carbocycles. The van der Waals surface area contributed by atoms with Crippen LogP contribution in [0.25, 0.3) is 134 Å². The van der Waals surface area contributed by atoms with E-state index < -0.39 is 0 Å². The molecular formula is C56H31N3S2. The second-order valence-electron chi connectivity index (χ2n) is 16.0. The van der Waals surface area contributed by atoms with Crippen molar-refractivity contribution < 1.29 is 0 Å². The van der Waals surface area contributed by atoms with Crippen LogP contribution in [0.4, 0.5) is 0 Å². The van der Waals surface area contributed by atoms with Gasteiger partial charge in [-0.15, -0.1) is 22.7 Å². The van der Waals surface area contributed by atoms with Gasteiger partial charge in [-0.2, -0.15) is 0 Å². The Bertz CT molecular complexity index is 4170. The predicted octanol–water partition coefficient (Wildman–Crippen LogP) is 16.3. The molecule has 10 aromatic carbocycles. The van der Waals surface area contributed by atoms with Crippen molar-refractivity contribution in [2.45, 2.75) is 0 Å². The molecule has 0 fully saturated rings. The van der Waals surface area contributed by atoms with Crippen LogP contribution in [0.15, 0.2) is 188 Å². The standard InChI is InChI=1S/C56H31N3S2/c1-2-14-32(15-3-1)45-31-46(33-26-27-38-37-19-11-13-25-48(37)60-49(38)30-33)58-56(57-45)59-47-24-12-10-18-36(47)43-28-29-44-51-42-23-9-8-22-41(42)50-39-20-6-4-16-34(39)35-17-5-7-21-40(35)52(50)55(51)61-54(44)53(43)59/h1-31H. The van der Waals surface area contributed by atoms with Gasteiger partial charge in [-0.3, -0.25) is 4.57 Å². The van der Waals surface area contributed by atoms with Gasteiger partial charge in [0, 0.05) is 62.9 Å². The maximum absolute atomic E-state index is 5.53. The number of nitrogens with zero attached hydrogens (tertiary/aromatic N) is 3. The summed E-state index contributed by atoms with van der Waals surface area (Å²) in [6.07, 6.45) is 0. The molecule has 5 heteroatoms. The van der Waals surface area contributed by atoms with Crippen LogP contribution < -0.4 is 0 Å². The Balaban J connectivity index is 1.13. The number of rotatable bonds is 3. The van der Waals surface area contributed by atoms with Crippen LogP contribution >= 0.6 is 22.7 Å². The third kappa shape index (κ3) is 4.67. The largest absolute Gasteiger partial charge is 0.276 e. The molecule has 0 amide bonds. The van der Waals surface area contributed by atoms with Gasteiger partial charge in [0.2, 0.25) is 5.95 Å². The van der Waals surface area contributed by atoms with Crippen molar-refractivity contribution in [1.82, 2.24) is 14.5 Å². The topological polar surface area (TPSA) is 30.7 Å². The minimum atomic E-state index is 0.662. The first-order valence-electron chi connectivity index (χ1n) is 20.7. The maximum Gasteiger partial charge on any atom is 0.235 e. The van der Waals surface area contributed by atoms with Crippen molar-refractivity contribution in [2.75, 3.05) is 0 Å². The first-order valence-corrected chi connectivity index (χ1v) is 22.3. The molecule has 4 heterocycles. The summed E-state index contributed by atoms with van der Waals surface area (Å²) in [4.78, 5) is 11.0. The first kappa shape index (κ1) is 33.4. The molecule has 0 atom stereocenters. The lowest BCUT2D eigenvalue weighted by molar-refractivity contribution is 0.998. The van der Waals surface area contributed by atoms with E-state index in [4.69, 9.17) is 9.97 Å². The van der Waals surface area contributed by atoms with Gasteiger partial charge in [0.1, 0.15) is 0 Å². The third-order valence-electron chi connectivity index (χ3n) is 12.8. The van der Waals surface area contributed by atoms with Crippen molar-refractivity contribution >= 4 is 128 Å². The molecule has 0 saturated heterocycles. The summed E-state index contributed by atoms with van der Waals surface area (Å²) < 4.78 is 7.44. The lowest BCUT2D eigenvalue weighted by Gasteiger charge is -2.14. The van der Waals surface area contributed by atoms with Gasteiger partial charge >= 0.3 is 0 Å². The van der Waals surface area contributed by atoms with Crippen molar-refractivity contribution in [3.8, 4) is 28.5 Å². The molecule has 14 rings (SSSR count). The highest BCUT2D eigenvalue weighted by molar-refractivity contribution is 7.28. The molecule has 3 nitrogen and oxygen atoms in total. The Morgan fingerprint density at radius 1 is 0.328 bits per heavy atom. The highest BCUT2D eigenvalue weighted by Gasteiger charge is 2.24. The molecule has 0 aliphatic rings. The van der Waals surface area contributed by atoms with E-state index in [0.717, 1.165) is 33.5 Å². The summed E-state index contributed by atoms with van der Waals surface area (Å²) in [5.41, 5.74) is 6.14. The quantitative estimate of drug-likeness (QED) is 0.166. The van der Waals surface area contributed by atoms with Crippen LogP contribution in [0.2, 0.25) is 0 Å². The highest BCUT2D eigenvalue weighted by Crippen LogP contribution is 2.51. The maximum atomic E-state index is 5.53. The van der Waals surface area contributed by atoms with Crippen molar-refractivity contribution in [1.29, 1.82) is 0 Å². The van der Waals surface area contributed by atoms with E-state index >= 15 is 0 Å². The van der Waals surface area contributed by atoms with Gasteiger partial charge in [0.15, 0.2) is 0 Å². The zero-order chi connectivity index (χ0) is 39.8. The van der Waals surface area contributed by atoms with Crippen molar-refractivity contribution in [3.05, 3.63) is 188 Å². The SMILES string of the molecule is c1ccc(-c2cc(-c3ccc4c(c3)sc3ccccc34)nc(-n3c4ccccc4c4ccc5c(sc6c5c5ccccc5c5c7ccccc7c7ccccc7c65)c43)n2)cc1. The van der Waals surface area contributed by atoms with E-state index in [1.807, 2.05) is 22.7 Å². The molecule has 0 spiro atoms. The molecule has 0 N–H and O–H groups in total. The molecule has 0 radical (unpaired) electrons. The number of hydrogen-bond acceptors (Lipinski definition) is 4. The van der Waals surface area contributed by atoms with Crippen molar-refractivity contribution in [2.24, 2.45) is 0 Å². The zero-order valence-corrected chi connectivity index (χ0v) is 34.2. The van der Waals surface area contributed by atoms with Crippen molar-refractivity contribution in [3.63, 3.8) is 0 Å². The van der Waals surface area contributed by atoms with E-state index in [9.17, 15) is 0 Å². The summed E-state index contributed by atoms with van der Waals surface area (Å²) in [5, 5.41) is 17.9. The molecule has 0 unspecified atom stereocenters. The summed E-state index contributed by atoms with van der Waals surface area (Å²) in [6, 6.07) is 68.5. The predicted molar refractivity (Wildman–Crippen MR) is 263 cm³/mol. The fourth-order valence-corrected chi connectivity index (χ4v) is 12.7. The Kier molecular flexibility index (Phi) is 6.87.